The summed E-state index contributed by atoms with van der Waals surface area (Å²) >= 11 is 7.01. The topological polar surface area (TPSA) is 94.0 Å². The lowest BCUT2D eigenvalue weighted by Crippen LogP contribution is -2.22. The summed E-state index contributed by atoms with van der Waals surface area (Å²) in [6, 6.07) is 4.92. The monoisotopic (exact) mass is 312 g/mol. The van der Waals surface area contributed by atoms with E-state index in [1.54, 1.807) is 32.0 Å². The number of anilines is 2. The summed E-state index contributed by atoms with van der Waals surface area (Å²) in [5, 5.41) is 10.7. The molecule has 20 heavy (non-hydrogen) atoms. The molecule has 1 unspecified atom stereocenters. The summed E-state index contributed by atoms with van der Waals surface area (Å²) in [4.78, 5) is 12.0. The molecule has 1 amide bonds. The number of carbonyl (C=O) groups excluding carboxylic acids is 1. The van der Waals surface area contributed by atoms with E-state index in [4.69, 9.17) is 21.8 Å². The first-order chi connectivity index (χ1) is 9.45. The first-order valence-electron chi connectivity index (χ1n) is 5.78. The van der Waals surface area contributed by atoms with Crippen molar-refractivity contribution in [3.05, 3.63) is 29.1 Å². The van der Waals surface area contributed by atoms with Crippen LogP contribution in [0.1, 0.15) is 12.8 Å². The van der Waals surface area contributed by atoms with Gasteiger partial charge in [0.05, 0.1) is 16.0 Å². The minimum absolute atomic E-state index is 0.187. The molecule has 6 nitrogen and oxygen atoms in total. The average molecular weight is 313 g/mol. The predicted octanol–water partition coefficient (Wildman–Crippen LogP) is 2.73. The van der Waals surface area contributed by atoms with Gasteiger partial charge in [-0.05, 0) is 25.1 Å². The minimum atomic E-state index is -0.383. The Morgan fingerprint density at radius 1 is 1.50 bits per heavy atom. The van der Waals surface area contributed by atoms with E-state index >= 15 is 0 Å². The Labute approximate surface area is 125 Å². The van der Waals surface area contributed by atoms with Crippen molar-refractivity contribution in [1.82, 2.24) is 10.2 Å². The summed E-state index contributed by atoms with van der Waals surface area (Å²) in [5.74, 6) is 0.276. The maximum absolute atomic E-state index is 12.0. The van der Waals surface area contributed by atoms with Gasteiger partial charge >= 0.3 is 0 Å². The molecular weight excluding hydrogens is 300 g/mol. The molecule has 0 fully saturated rings. The number of nitrogen functional groups attached to an aromatic ring is 1. The van der Waals surface area contributed by atoms with Crippen LogP contribution < -0.4 is 11.1 Å². The Bertz CT molecular complexity index is 632. The van der Waals surface area contributed by atoms with E-state index in [1.165, 1.54) is 11.8 Å². The average Bonchev–Trinajstić information content (AvgIpc) is 2.79. The van der Waals surface area contributed by atoms with Crippen LogP contribution in [0.15, 0.2) is 27.8 Å². The number of amides is 1. The lowest BCUT2D eigenvalue weighted by molar-refractivity contribution is -0.115. The summed E-state index contributed by atoms with van der Waals surface area (Å²) in [7, 11) is 0. The molecule has 0 saturated heterocycles. The highest BCUT2D eigenvalue weighted by Gasteiger charge is 2.18. The SMILES string of the molecule is Cc1nnc(SC(C)C(=O)Nc2ccc(Cl)c(N)c2)o1. The van der Waals surface area contributed by atoms with E-state index in [9.17, 15) is 4.79 Å². The van der Waals surface area contributed by atoms with Crippen molar-refractivity contribution in [1.29, 1.82) is 0 Å². The van der Waals surface area contributed by atoms with E-state index in [0.717, 1.165) is 0 Å². The van der Waals surface area contributed by atoms with Crippen LogP contribution in [-0.2, 0) is 4.79 Å². The highest BCUT2D eigenvalue weighted by atomic mass is 35.5. The van der Waals surface area contributed by atoms with Crippen LogP contribution in [-0.4, -0.2) is 21.4 Å². The zero-order valence-electron chi connectivity index (χ0n) is 10.9. The van der Waals surface area contributed by atoms with E-state index in [-0.39, 0.29) is 11.2 Å². The van der Waals surface area contributed by atoms with Gasteiger partial charge in [0.25, 0.3) is 5.22 Å². The molecule has 0 bridgehead atoms. The molecule has 2 aromatic rings. The number of hydrogen-bond donors (Lipinski definition) is 2. The zero-order valence-corrected chi connectivity index (χ0v) is 12.5. The third kappa shape index (κ3) is 3.64. The fourth-order valence-corrected chi connectivity index (χ4v) is 2.24. The number of nitrogens with one attached hydrogen (secondary N) is 1. The van der Waals surface area contributed by atoms with Crippen molar-refractivity contribution in [3.8, 4) is 0 Å². The van der Waals surface area contributed by atoms with Gasteiger partial charge in [0.2, 0.25) is 11.8 Å². The second-order valence-electron chi connectivity index (χ2n) is 4.07. The fourth-order valence-electron chi connectivity index (χ4n) is 1.40. The Balaban J connectivity index is 1.98. The lowest BCUT2D eigenvalue weighted by Gasteiger charge is -2.10. The number of benzene rings is 1. The first-order valence-corrected chi connectivity index (χ1v) is 7.04. The van der Waals surface area contributed by atoms with Gasteiger partial charge in [-0.1, -0.05) is 23.4 Å². The van der Waals surface area contributed by atoms with E-state index in [2.05, 4.69) is 15.5 Å². The standard InChI is InChI=1S/C12H13ClN4O2S/c1-6(20-12-17-16-7(2)19-12)11(18)15-8-3-4-9(13)10(14)5-8/h3-6H,14H2,1-2H3,(H,15,18). The molecule has 0 spiro atoms. The number of rotatable bonds is 4. The highest BCUT2D eigenvalue weighted by Crippen LogP contribution is 2.25. The maximum atomic E-state index is 12.0. The molecule has 0 radical (unpaired) electrons. The molecule has 3 N–H and O–H groups in total. The highest BCUT2D eigenvalue weighted by molar-refractivity contribution is 8.00. The van der Waals surface area contributed by atoms with E-state index in [1.807, 2.05) is 0 Å². The predicted molar refractivity (Wildman–Crippen MR) is 78.8 cm³/mol. The number of halogens is 1. The minimum Gasteiger partial charge on any atom is -0.416 e. The van der Waals surface area contributed by atoms with Crippen LogP contribution in [0.5, 0.6) is 0 Å². The molecular formula is C12H13ClN4O2S. The summed E-state index contributed by atoms with van der Waals surface area (Å²) in [5.41, 5.74) is 6.68. The summed E-state index contributed by atoms with van der Waals surface area (Å²) in [6.07, 6.45) is 0. The molecule has 0 aliphatic rings. The number of thioether (sulfide) groups is 1. The van der Waals surface area contributed by atoms with Crippen molar-refractivity contribution in [2.45, 2.75) is 24.3 Å². The first kappa shape index (κ1) is 14.7. The third-order valence-corrected chi connectivity index (χ3v) is 3.70. The molecule has 1 aromatic carbocycles. The second kappa shape index (κ2) is 6.15. The van der Waals surface area contributed by atoms with Crippen LogP contribution >= 0.6 is 23.4 Å². The van der Waals surface area contributed by atoms with Crippen LogP contribution in [0.4, 0.5) is 11.4 Å². The quantitative estimate of drug-likeness (QED) is 0.666. The Morgan fingerprint density at radius 2 is 2.25 bits per heavy atom. The largest absolute Gasteiger partial charge is 0.416 e. The van der Waals surface area contributed by atoms with Gasteiger partial charge in [-0.15, -0.1) is 10.2 Å². The molecule has 0 aliphatic heterocycles. The number of aryl methyl sites for hydroxylation is 1. The lowest BCUT2D eigenvalue weighted by atomic mass is 10.2. The van der Waals surface area contributed by atoms with Gasteiger partial charge in [-0.3, -0.25) is 4.79 Å². The molecule has 106 valence electrons. The van der Waals surface area contributed by atoms with Crippen molar-refractivity contribution in [3.63, 3.8) is 0 Å². The molecule has 0 saturated carbocycles. The van der Waals surface area contributed by atoms with Crippen molar-refractivity contribution >= 4 is 40.6 Å². The molecule has 1 atom stereocenters. The van der Waals surface area contributed by atoms with Crippen LogP contribution in [0.25, 0.3) is 0 Å². The van der Waals surface area contributed by atoms with Gasteiger partial charge in [-0.2, -0.15) is 0 Å². The third-order valence-electron chi connectivity index (χ3n) is 2.42. The Morgan fingerprint density at radius 3 is 2.85 bits per heavy atom. The van der Waals surface area contributed by atoms with E-state index in [0.29, 0.717) is 27.5 Å². The van der Waals surface area contributed by atoms with Gasteiger partial charge < -0.3 is 15.5 Å². The zero-order chi connectivity index (χ0) is 14.7. The number of nitrogens with two attached hydrogens (primary N) is 1. The van der Waals surface area contributed by atoms with Gasteiger partial charge in [0.1, 0.15) is 0 Å². The molecule has 2 rings (SSSR count). The normalized spacial score (nSPS) is 12.2. The maximum Gasteiger partial charge on any atom is 0.277 e. The molecule has 1 heterocycles. The number of nitrogens with zero attached hydrogens (tertiary/aromatic N) is 2. The molecule has 8 heteroatoms. The number of hydrogen-bond acceptors (Lipinski definition) is 6. The van der Waals surface area contributed by atoms with Crippen molar-refractivity contribution in [2.75, 3.05) is 11.1 Å². The van der Waals surface area contributed by atoms with Gasteiger partial charge in [0.15, 0.2) is 0 Å². The van der Waals surface area contributed by atoms with Crippen LogP contribution in [0.2, 0.25) is 5.02 Å². The fraction of sp³-hybridized carbons (Fsp3) is 0.250. The summed E-state index contributed by atoms with van der Waals surface area (Å²) in [6.45, 7) is 3.44. The summed E-state index contributed by atoms with van der Waals surface area (Å²) < 4.78 is 5.21. The number of aromatic nitrogens is 2. The smallest absolute Gasteiger partial charge is 0.277 e. The second-order valence-corrected chi connectivity index (χ2v) is 5.77. The Hall–Kier alpha value is -1.73. The van der Waals surface area contributed by atoms with E-state index < -0.39 is 0 Å². The molecule has 1 aromatic heterocycles. The van der Waals surface area contributed by atoms with Gasteiger partial charge in [0, 0.05) is 12.6 Å². The molecule has 0 aliphatic carbocycles. The Kier molecular flexibility index (Phi) is 4.51. The number of carbonyl (C=O) groups is 1. The van der Waals surface area contributed by atoms with Crippen LogP contribution in [0, 0.1) is 6.92 Å². The van der Waals surface area contributed by atoms with Crippen LogP contribution in [0.3, 0.4) is 0 Å². The van der Waals surface area contributed by atoms with Gasteiger partial charge in [-0.25, -0.2) is 0 Å². The van der Waals surface area contributed by atoms with Crippen molar-refractivity contribution in [2.24, 2.45) is 0 Å². The van der Waals surface area contributed by atoms with Crippen molar-refractivity contribution < 1.29 is 9.21 Å².